The maximum atomic E-state index is 13.2. The topological polar surface area (TPSA) is 54.5 Å². The van der Waals surface area contributed by atoms with Crippen molar-refractivity contribution in [2.45, 2.75) is 24.8 Å². The molecule has 0 atom stereocenters. The van der Waals surface area contributed by atoms with Gasteiger partial charge in [-0.15, -0.1) is 11.3 Å². The van der Waals surface area contributed by atoms with Crippen molar-refractivity contribution >= 4 is 27.1 Å². The number of aryl methyl sites for hydroxylation is 1. The monoisotopic (exact) mass is 413 g/mol. The van der Waals surface area contributed by atoms with E-state index in [4.69, 9.17) is 0 Å². The molecule has 1 heterocycles. The molecule has 4 nitrogen and oxygen atoms in total. The molecule has 0 fully saturated rings. The van der Waals surface area contributed by atoms with Gasteiger partial charge < -0.3 is 4.90 Å². The number of benzene rings is 2. The quantitative estimate of drug-likeness (QED) is 0.579. The smallest absolute Gasteiger partial charge is 0.254 e. The highest BCUT2D eigenvalue weighted by molar-refractivity contribution is 7.90. The van der Waals surface area contributed by atoms with Gasteiger partial charge in [0.2, 0.25) is 0 Å². The van der Waals surface area contributed by atoms with Gasteiger partial charge in [0.15, 0.2) is 9.84 Å². The molecule has 0 bridgehead atoms. The van der Waals surface area contributed by atoms with Crippen LogP contribution in [0.15, 0.2) is 71.6 Å². The van der Waals surface area contributed by atoms with E-state index in [0.717, 1.165) is 23.1 Å². The number of amides is 1. The van der Waals surface area contributed by atoms with Crippen molar-refractivity contribution in [3.05, 3.63) is 87.6 Å². The summed E-state index contributed by atoms with van der Waals surface area (Å²) < 4.78 is 23.7. The van der Waals surface area contributed by atoms with Gasteiger partial charge in [-0.1, -0.05) is 36.4 Å². The van der Waals surface area contributed by atoms with E-state index in [9.17, 15) is 13.2 Å². The summed E-state index contributed by atoms with van der Waals surface area (Å²) in [6.45, 7) is 3.11. The number of rotatable bonds is 7. The van der Waals surface area contributed by atoms with Crippen molar-refractivity contribution < 1.29 is 13.2 Å². The van der Waals surface area contributed by atoms with Crippen molar-refractivity contribution in [1.82, 2.24) is 4.90 Å². The minimum atomic E-state index is -3.36. The Balaban J connectivity index is 1.85. The summed E-state index contributed by atoms with van der Waals surface area (Å²) >= 11 is 1.67. The zero-order chi connectivity index (χ0) is 20.1. The van der Waals surface area contributed by atoms with Crippen LogP contribution in [0, 0.1) is 6.92 Å². The van der Waals surface area contributed by atoms with Crippen LogP contribution in [0.1, 0.15) is 25.7 Å². The molecule has 0 aliphatic heterocycles. The van der Waals surface area contributed by atoms with Crippen LogP contribution in [0.25, 0.3) is 0 Å². The number of thiophene rings is 1. The molecule has 146 valence electrons. The maximum Gasteiger partial charge on any atom is 0.254 e. The standard InChI is InChI=1S/C22H23NO3S2/c1-17-11-12-20(27-17)16-23(14-13-18-7-4-3-5-8-18)22(24)19-9-6-10-21(15-19)28(2,25)26/h3-12,15H,13-14,16H2,1-2H3. The lowest BCUT2D eigenvalue weighted by molar-refractivity contribution is 0.0746. The summed E-state index contributed by atoms with van der Waals surface area (Å²) in [5.74, 6) is -0.160. The van der Waals surface area contributed by atoms with Gasteiger partial charge in [0.25, 0.3) is 5.91 Å². The van der Waals surface area contributed by atoms with E-state index in [1.54, 1.807) is 28.4 Å². The van der Waals surface area contributed by atoms with E-state index in [1.165, 1.54) is 17.0 Å². The van der Waals surface area contributed by atoms with Gasteiger partial charge in [-0.2, -0.15) is 0 Å². The van der Waals surface area contributed by atoms with E-state index in [-0.39, 0.29) is 10.8 Å². The Morgan fingerprint density at radius 1 is 1.00 bits per heavy atom. The highest BCUT2D eigenvalue weighted by Gasteiger charge is 2.19. The normalized spacial score (nSPS) is 11.4. The first kappa shape index (κ1) is 20.3. The lowest BCUT2D eigenvalue weighted by Gasteiger charge is -2.22. The molecule has 0 saturated carbocycles. The fourth-order valence-electron chi connectivity index (χ4n) is 2.96. The molecule has 0 spiro atoms. The number of nitrogens with zero attached hydrogens (tertiary/aromatic N) is 1. The molecule has 2 aromatic carbocycles. The summed E-state index contributed by atoms with van der Waals surface area (Å²) in [5, 5.41) is 0. The van der Waals surface area contributed by atoms with Crippen molar-refractivity contribution in [1.29, 1.82) is 0 Å². The Morgan fingerprint density at radius 2 is 1.75 bits per heavy atom. The highest BCUT2D eigenvalue weighted by Crippen LogP contribution is 2.20. The van der Waals surface area contributed by atoms with Gasteiger partial charge in [-0.3, -0.25) is 4.79 Å². The molecule has 6 heteroatoms. The van der Waals surface area contributed by atoms with Crippen molar-refractivity contribution in [2.75, 3.05) is 12.8 Å². The fraction of sp³-hybridized carbons (Fsp3) is 0.227. The molecule has 0 unspecified atom stereocenters. The third-order valence-corrected chi connectivity index (χ3v) is 6.55. The fourth-order valence-corrected chi connectivity index (χ4v) is 4.53. The highest BCUT2D eigenvalue weighted by atomic mass is 32.2. The van der Waals surface area contributed by atoms with Gasteiger partial charge >= 0.3 is 0 Å². The molecule has 1 amide bonds. The Bertz CT molecular complexity index is 1060. The van der Waals surface area contributed by atoms with Crippen LogP contribution in [0.5, 0.6) is 0 Å². The second-order valence-electron chi connectivity index (χ2n) is 6.77. The average Bonchev–Trinajstić information content (AvgIpc) is 3.09. The van der Waals surface area contributed by atoms with E-state index in [2.05, 4.69) is 0 Å². The van der Waals surface area contributed by atoms with Gasteiger partial charge in [-0.25, -0.2) is 8.42 Å². The van der Waals surface area contributed by atoms with Crippen LogP contribution in [-0.4, -0.2) is 32.0 Å². The van der Waals surface area contributed by atoms with Crippen LogP contribution in [0.4, 0.5) is 0 Å². The molecule has 0 aliphatic rings. The molecule has 1 aromatic heterocycles. The van der Waals surface area contributed by atoms with E-state index >= 15 is 0 Å². The lowest BCUT2D eigenvalue weighted by atomic mass is 10.1. The SMILES string of the molecule is Cc1ccc(CN(CCc2ccccc2)C(=O)c2cccc(S(C)(=O)=O)c2)s1. The maximum absolute atomic E-state index is 13.2. The summed E-state index contributed by atoms with van der Waals surface area (Å²) in [7, 11) is -3.36. The number of hydrogen-bond donors (Lipinski definition) is 0. The summed E-state index contributed by atoms with van der Waals surface area (Å²) in [6, 6.07) is 20.4. The number of carbonyl (C=O) groups is 1. The van der Waals surface area contributed by atoms with Crippen LogP contribution < -0.4 is 0 Å². The molecule has 28 heavy (non-hydrogen) atoms. The molecule has 3 rings (SSSR count). The zero-order valence-electron chi connectivity index (χ0n) is 16.0. The minimum Gasteiger partial charge on any atom is -0.333 e. The minimum absolute atomic E-state index is 0.160. The molecule has 3 aromatic rings. The Kier molecular flexibility index (Phi) is 6.31. The summed E-state index contributed by atoms with van der Waals surface area (Å²) in [5.41, 5.74) is 1.55. The molecule has 0 N–H and O–H groups in total. The Morgan fingerprint density at radius 3 is 2.39 bits per heavy atom. The van der Waals surface area contributed by atoms with E-state index < -0.39 is 9.84 Å². The van der Waals surface area contributed by atoms with Crippen LogP contribution in [-0.2, 0) is 22.8 Å². The second-order valence-corrected chi connectivity index (χ2v) is 10.2. The van der Waals surface area contributed by atoms with Crippen molar-refractivity contribution in [3.63, 3.8) is 0 Å². The van der Waals surface area contributed by atoms with Crippen LogP contribution in [0.2, 0.25) is 0 Å². The largest absolute Gasteiger partial charge is 0.333 e. The number of hydrogen-bond acceptors (Lipinski definition) is 4. The number of carbonyl (C=O) groups excluding carboxylic acids is 1. The van der Waals surface area contributed by atoms with E-state index in [0.29, 0.717) is 18.7 Å². The second kappa shape index (κ2) is 8.71. The molecule has 0 aliphatic carbocycles. The molecule has 0 saturated heterocycles. The predicted molar refractivity (Wildman–Crippen MR) is 113 cm³/mol. The van der Waals surface area contributed by atoms with Gasteiger partial charge in [0.1, 0.15) is 0 Å². The molecular weight excluding hydrogens is 390 g/mol. The Hall–Kier alpha value is -2.44. The third kappa shape index (κ3) is 5.30. The van der Waals surface area contributed by atoms with E-state index in [1.807, 2.05) is 49.4 Å². The third-order valence-electron chi connectivity index (χ3n) is 4.45. The predicted octanol–water partition coefficient (Wildman–Crippen LogP) is 4.35. The van der Waals surface area contributed by atoms with Crippen LogP contribution >= 0.6 is 11.3 Å². The van der Waals surface area contributed by atoms with Crippen LogP contribution in [0.3, 0.4) is 0 Å². The average molecular weight is 414 g/mol. The molecular formula is C22H23NO3S2. The van der Waals surface area contributed by atoms with Gasteiger partial charge in [0.05, 0.1) is 11.4 Å². The van der Waals surface area contributed by atoms with Crippen molar-refractivity contribution in [3.8, 4) is 0 Å². The first-order valence-corrected chi connectivity index (χ1v) is 11.7. The van der Waals surface area contributed by atoms with Gasteiger partial charge in [0, 0.05) is 28.1 Å². The number of sulfone groups is 1. The first-order valence-electron chi connectivity index (χ1n) is 9.01. The Labute approximate surface area is 170 Å². The summed E-state index contributed by atoms with van der Waals surface area (Å²) in [6.07, 6.45) is 1.89. The van der Waals surface area contributed by atoms with Crippen molar-refractivity contribution in [2.24, 2.45) is 0 Å². The molecule has 0 radical (unpaired) electrons. The zero-order valence-corrected chi connectivity index (χ0v) is 17.6. The lowest BCUT2D eigenvalue weighted by Crippen LogP contribution is -2.32. The summed E-state index contributed by atoms with van der Waals surface area (Å²) in [4.78, 5) is 17.5. The van der Waals surface area contributed by atoms with Gasteiger partial charge in [-0.05, 0) is 49.2 Å². The first-order chi connectivity index (χ1) is 13.3.